The molecular weight excluding hydrogens is 230 g/mol. The predicted octanol–water partition coefficient (Wildman–Crippen LogP) is 0.639. The van der Waals surface area contributed by atoms with Crippen LogP contribution in [0, 0.1) is 0 Å². The minimum atomic E-state index is -0.214. The first kappa shape index (κ1) is 12.7. The molecule has 1 aromatic heterocycles. The fourth-order valence-corrected chi connectivity index (χ4v) is 2.11. The zero-order valence-electron chi connectivity index (χ0n) is 11.1. The van der Waals surface area contributed by atoms with Crippen molar-refractivity contribution in [2.45, 2.75) is 39.2 Å². The maximum absolute atomic E-state index is 11.8. The second kappa shape index (κ2) is 5.29. The Kier molecular flexibility index (Phi) is 3.74. The first-order chi connectivity index (χ1) is 8.65. The van der Waals surface area contributed by atoms with E-state index < -0.39 is 0 Å². The molecule has 1 aromatic rings. The number of amides is 1. The summed E-state index contributed by atoms with van der Waals surface area (Å²) < 4.78 is 0. The van der Waals surface area contributed by atoms with Gasteiger partial charge in [-0.2, -0.15) is 5.10 Å². The van der Waals surface area contributed by atoms with Crippen molar-refractivity contribution < 1.29 is 4.79 Å². The summed E-state index contributed by atoms with van der Waals surface area (Å²) in [6.07, 6.45) is 2.44. The summed E-state index contributed by atoms with van der Waals surface area (Å²) in [7, 11) is 1.81. The third kappa shape index (κ3) is 2.42. The van der Waals surface area contributed by atoms with Gasteiger partial charge in [0, 0.05) is 13.6 Å². The Morgan fingerprint density at radius 2 is 2.00 bits per heavy atom. The molecule has 1 N–H and O–H groups in total. The van der Waals surface area contributed by atoms with Crippen molar-refractivity contribution in [1.82, 2.24) is 20.1 Å². The molecule has 0 radical (unpaired) electrons. The van der Waals surface area contributed by atoms with E-state index in [0.717, 1.165) is 37.2 Å². The van der Waals surface area contributed by atoms with E-state index >= 15 is 0 Å². The average Bonchev–Trinajstić information content (AvgIpc) is 2.70. The van der Waals surface area contributed by atoms with E-state index in [1.165, 1.54) is 0 Å². The van der Waals surface area contributed by atoms with E-state index in [1.54, 1.807) is 11.9 Å². The van der Waals surface area contributed by atoms with E-state index in [2.05, 4.69) is 20.5 Å². The van der Waals surface area contributed by atoms with Crippen molar-refractivity contribution in [2.24, 2.45) is 0 Å². The van der Waals surface area contributed by atoms with Gasteiger partial charge in [-0.3, -0.25) is 4.79 Å². The van der Waals surface area contributed by atoms with Gasteiger partial charge in [-0.25, -0.2) is 4.98 Å². The number of hydrogen-bond donors (Lipinski definition) is 1. The molecule has 0 saturated carbocycles. The van der Waals surface area contributed by atoms with E-state index in [1.807, 2.05) is 13.8 Å². The maximum atomic E-state index is 11.8. The van der Waals surface area contributed by atoms with Crippen LogP contribution in [0.3, 0.4) is 0 Å². The summed E-state index contributed by atoms with van der Waals surface area (Å²) in [6, 6.07) is -0.214. The molecule has 98 valence electrons. The van der Waals surface area contributed by atoms with Gasteiger partial charge in [0.1, 0.15) is 6.04 Å². The number of carbonyl (C=O) groups excluding carboxylic acids is 1. The highest BCUT2D eigenvalue weighted by Gasteiger charge is 2.29. The van der Waals surface area contributed by atoms with Crippen LogP contribution in [0.2, 0.25) is 0 Å². The lowest BCUT2D eigenvalue weighted by atomic mass is 10.2. The molecule has 1 saturated heterocycles. The number of carbonyl (C=O) groups is 1. The second-order valence-electron chi connectivity index (χ2n) is 4.48. The quantitative estimate of drug-likeness (QED) is 0.848. The number of likely N-dealkylation sites (N-methyl/N-ethyl adjacent to an activating group) is 1. The fraction of sp³-hybridized carbons (Fsp3) is 0.667. The van der Waals surface area contributed by atoms with Crippen LogP contribution in [-0.4, -0.2) is 45.6 Å². The van der Waals surface area contributed by atoms with Gasteiger partial charge >= 0.3 is 0 Å². The van der Waals surface area contributed by atoms with Gasteiger partial charge < -0.3 is 10.2 Å². The minimum absolute atomic E-state index is 0.0937. The normalized spacial score (nSPS) is 19.4. The largest absolute Gasteiger partial charge is 0.344 e. The van der Waals surface area contributed by atoms with Crippen molar-refractivity contribution in [3.8, 4) is 0 Å². The Balaban J connectivity index is 2.12. The molecule has 1 aliphatic heterocycles. The smallest absolute Gasteiger partial charge is 0.244 e. The molecular formula is C12H19N5O. The van der Waals surface area contributed by atoms with Crippen LogP contribution in [0.25, 0.3) is 0 Å². The molecule has 0 spiro atoms. The Bertz CT molecular complexity index is 448. The number of hydrogen-bond acceptors (Lipinski definition) is 5. The molecule has 1 aliphatic rings. The molecule has 18 heavy (non-hydrogen) atoms. The molecule has 1 unspecified atom stereocenters. The highest BCUT2D eigenvalue weighted by Crippen LogP contribution is 2.14. The van der Waals surface area contributed by atoms with Gasteiger partial charge in [0.05, 0.1) is 11.4 Å². The first-order valence-electron chi connectivity index (χ1n) is 6.39. The van der Waals surface area contributed by atoms with Crippen LogP contribution < -0.4 is 5.32 Å². The van der Waals surface area contributed by atoms with Crippen LogP contribution >= 0.6 is 0 Å². The Morgan fingerprint density at radius 1 is 1.28 bits per heavy atom. The molecule has 1 fully saturated rings. The van der Waals surface area contributed by atoms with Gasteiger partial charge in [-0.05, 0) is 19.3 Å². The Labute approximate surface area is 107 Å². The number of aromatic nitrogens is 3. The highest BCUT2D eigenvalue weighted by molar-refractivity contribution is 5.85. The third-order valence-electron chi connectivity index (χ3n) is 3.24. The third-order valence-corrected chi connectivity index (χ3v) is 3.24. The molecule has 6 nitrogen and oxygen atoms in total. The van der Waals surface area contributed by atoms with Crippen LogP contribution in [0.15, 0.2) is 0 Å². The van der Waals surface area contributed by atoms with Crippen molar-refractivity contribution in [3.63, 3.8) is 0 Å². The molecule has 1 atom stereocenters. The average molecular weight is 249 g/mol. The SMILES string of the molecule is CCc1nnc(NC2CCN(C)C2=O)nc1CC. The molecule has 2 rings (SSSR count). The predicted molar refractivity (Wildman–Crippen MR) is 68.2 cm³/mol. The van der Waals surface area contributed by atoms with E-state index in [9.17, 15) is 4.79 Å². The van der Waals surface area contributed by atoms with E-state index in [4.69, 9.17) is 0 Å². The van der Waals surface area contributed by atoms with Gasteiger partial charge in [0.2, 0.25) is 11.9 Å². The first-order valence-corrected chi connectivity index (χ1v) is 6.39. The molecule has 2 heterocycles. The topological polar surface area (TPSA) is 71.0 Å². The van der Waals surface area contributed by atoms with Gasteiger partial charge in [0.25, 0.3) is 0 Å². The van der Waals surface area contributed by atoms with Crippen LogP contribution in [0.1, 0.15) is 31.7 Å². The highest BCUT2D eigenvalue weighted by atomic mass is 16.2. The van der Waals surface area contributed by atoms with E-state index in [-0.39, 0.29) is 11.9 Å². The number of anilines is 1. The van der Waals surface area contributed by atoms with Crippen molar-refractivity contribution in [3.05, 3.63) is 11.4 Å². The number of nitrogens with one attached hydrogen (secondary N) is 1. The molecule has 0 aliphatic carbocycles. The van der Waals surface area contributed by atoms with Gasteiger partial charge in [0.15, 0.2) is 0 Å². The second-order valence-corrected chi connectivity index (χ2v) is 4.48. The lowest BCUT2D eigenvalue weighted by Crippen LogP contribution is -2.31. The molecule has 0 aromatic carbocycles. The summed E-state index contributed by atoms with van der Waals surface area (Å²) in [4.78, 5) is 17.9. The molecule has 1 amide bonds. The summed E-state index contributed by atoms with van der Waals surface area (Å²) in [5.74, 6) is 0.550. The van der Waals surface area contributed by atoms with E-state index in [0.29, 0.717) is 5.95 Å². The maximum Gasteiger partial charge on any atom is 0.244 e. The van der Waals surface area contributed by atoms with Gasteiger partial charge in [-0.15, -0.1) is 5.10 Å². The summed E-state index contributed by atoms with van der Waals surface area (Å²) in [5.41, 5.74) is 1.88. The minimum Gasteiger partial charge on any atom is -0.344 e. The number of aryl methyl sites for hydroxylation is 2. The fourth-order valence-electron chi connectivity index (χ4n) is 2.11. The van der Waals surface area contributed by atoms with Gasteiger partial charge in [-0.1, -0.05) is 13.8 Å². The summed E-state index contributed by atoms with van der Waals surface area (Å²) in [5, 5.41) is 11.3. The monoisotopic (exact) mass is 249 g/mol. The lowest BCUT2D eigenvalue weighted by Gasteiger charge is -2.12. The zero-order chi connectivity index (χ0) is 13.1. The standard InChI is InChI=1S/C12H19N5O/c1-4-8-9(5-2)15-16-12(13-8)14-10-6-7-17(3)11(10)18/h10H,4-7H2,1-3H3,(H,13,14,16). The number of likely N-dealkylation sites (tertiary alicyclic amines) is 1. The van der Waals surface area contributed by atoms with Crippen molar-refractivity contribution >= 4 is 11.9 Å². The van der Waals surface area contributed by atoms with Crippen LogP contribution in [0.5, 0.6) is 0 Å². The van der Waals surface area contributed by atoms with Crippen LogP contribution in [-0.2, 0) is 17.6 Å². The molecule has 6 heteroatoms. The molecule has 0 bridgehead atoms. The Morgan fingerprint density at radius 3 is 2.56 bits per heavy atom. The van der Waals surface area contributed by atoms with Crippen molar-refractivity contribution in [2.75, 3.05) is 18.9 Å². The Hall–Kier alpha value is -1.72. The summed E-state index contributed by atoms with van der Waals surface area (Å²) in [6.45, 7) is 4.85. The van der Waals surface area contributed by atoms with Crippen LogP contribution in [0.4, 0.5) is 5.95 Å². The van der Waals surface area contributed by atoms with Crippen molar-refractivity contribution in [1.29, 1.82) is 0 Å². The number of nitrogens with zero attached hydrogens (tertiary/aromatic N) is 4. The zero-order valence-corrected chi connectivity index (χ0v) is 11.1. The lowest BCUT2D eigenvalue weighted by molar-refractivity contribution is -0.127. The summed E-state index contributed by atoms with van der Waals surface area (Å²) >= 11 is 0. The number of rotatable bonds is 4.